The van der Waals surface area contributed by atoms with Crippen molar-refractivity contribution in [1.82, 2.24) is 9.80 Å². The topological polar surface area (TPSA) is 96.4 Å². The van der Waals surface area contributed by atoms with E-state index in [1.807, 2.05) is 23.9 Å². The fourth-order valence-electron chi connectivity index (χ4n) is 3.30. The van der Waals surface area contributed by atoms with Crippen LogP contribution in [0.1, 0.15) is 27.7 Å². The van der Waals surface area contributed by atoms with Crippen molar-refractivity contribution in [1.29, 1.82) is 0 Å². The van der Waals surface area contributed by atoms with Gasteiger partial charge in [-0.05, 0) is 41.8 Å². The first-order valence-corrected chi connectivity index (χ1v) is 8.94. The Hall–Kier alpha value is -1.51. The van der Waals surface area contributed by atoms with Gasteiger partial charge in [0, 0.05) is 19.6 Å². The summed E-state index contributed by atoms with van der Waals surface area (Å²) < 4.78 is 9.78. The van der Waals surface area contributed by atoms with Gasteiger partial charge in [0.2, 0.25) is 0 Å². The van der Waals surface area contributed by atoms with Crippen LogP contribution in [0.4, 0.5) is 0 Å². The van der Waals surface area contributed by atoms with Crippen LogP contribution in [0, 0.1) is 10.8 Å². The maximum atomic E-state index is 11.5. The number of hydrogen-bond acceptors (Lipinski definition) is 8. The average Bonchev–Trinajstić information content (AvgIpc) is 2.96. The second-order valence-corrected chi connectivity index (χ2v) is 7.50. The van der Waals surface area contributed by atoms with Gasteiger partial charge in [-0.25, -0.2) is 0 Å². The Morgan fingerprint density at radius 2 is 1.62 bits per heavy atom. The van der Waals surface area contributed by atoms with Crippen LogP contribution in [0.25, 0.3) is 0 Å². The van der Waals surface area contributed by atoms with Crippen LogP contribution in [0.3, 0.4) is 0 Å². The van der Waals surface area contributed by atoms with E-state index in [0.717, 1.165) is 0 Å². The predicted octanol–water partition coefficient (Wildman–Crippen LogP) is -0.0676. The summed E-state index contributed by atoms with van der Waals surface area (Å²) in [5.74, 6) is -0.746. The van der Waals surface area contributed by atoms with Crippen molar-refractivity contribution < 1.29 is 29.0 Å². The first-order chi connectivity index (χ1) is 12.0. The number of ketones is 1. The zero-order valence-corrected chi connectivity index (χ0v) is 16.7. The van der Waals surface area contributed by atoms with Crippen molar-refractivity contribution in [2.45, 2.75) is 33.8 Å². The molecular formula is C18H32N2O6. The van der Waals surface area contributed by atoms with Gasteiger partial charge in [0.25, 0.3) is 0 Å². The lowest BCUT2D eigenvalue weighted by Gasteiger charge is -2.24. The molecule has 1 N–H and O–H groups in total. The number of rotatable bonds is 4. The molecule has 0 bridgehead atoms. The lowest BCUT2D eigenvalue weighted by atomic mass is 9.87. The minimum atomic E-state index is -0.940. The number of aliphatic hydroxyl groups excluding tert-OH is 1. The van der Waals surface area contributed by atoms with E-state index in [0.29, 0.717) is 39.4 Å². The summed E-state index contributed by atoms with van der Waals surface area (Å²) in [6.45, 7) is 9.51. The Labute approximate surface area is 155 Å². The van der Waals surface area contributed by atoms with E-state index in [2.05, 4.69) is 0 Å². The van der Waals surface area contributed by atoms with Crippen LogP contribution in [0.5, 0.6) is 0 Å². The second-order valence-electron chi connectivity index (χ2n) is 7.50. The molecule has 0 radical (unpaired) electrons. The lowest BCUT2D eigenvalue weighted by molar-refractivity contribution is -0.158. The molecule has 0 aliphatic carbocycles. The molecule has 0 aromatic carbocycles. The lowest BCUT2D eigenvalue weighted by Crippen LogP contribution is -2.40. The predicted molar refractivity (Wildman–Crippen MR) is 95.5 cm³/mol. The summed E-state index contributed by atoms with van der Waals surface area (Å²) in [4.78, 5) is 38.2. The molecular weight excluding hydrogens is 340 g/mol. The highest BCUT2D eigenvalue weighted by atomic mass is 16.5. The van der Waals surface area contributed by atoms with Crippen molar-refractivity contribution >= 4 is 17.7 Å². The smallest absolute Gasteiger partial charge is 0.320 e. The summed E-state index contributed by atoms with van der Waals surface area (Å²) in [6.07, 6.45) is -0.614. The summed E-state index contributed by atoms with van der Waals surface area (Å²) in [5, 5.41) is 9.67. The SMILES string of the molecule is CCOC(=O)C1(C)CN(C)CC1=O.CCOC(=O)C1(C)CN(C)CC1O. The number of Topliss-reactive ketones (excluding diaryl/α,β-unsaturated/α-hetero) is 1. The van der Waals surface area contributed by atoms with Gasteiger partial charge in [-0.2, -0.15) is 0 Å². The number of ether oxygens (including phenoxy) is 2. The van der Waals surface area contributed by atoms with Crippen LogP contribution in [0.15, 0.2) is 0 Å². The molecule has 26 heavy (non-hydrogen) atoms. The zero-order valence-electron chi connectivity index (χ0n) is 16.7. The highest BCUT2D eigenvalue weighted by molar-refractivity contribution is 6.06. The van der Waals surface area contributed by atoms with Crippen LogP contribution < -0.4 is 0 Å². The molecule has 2 saturated heterocycles. The van der Waals surface area contributed by atoms with Gasteiger partial charge in [-0.1, -0.05) is 0 Å². The molecule has 0 aromatic heterocycles. The molecule has 2 aliphatic rings. The number of likely N-dealkylation sites (N-methyl/N-ethyl adjacent to an activating group) is 2. The zero-order chi connectivity index (χ0) is 20.1. The number of esters is 2. The molecule has 150 valence electrons. The maximum absolute atomic E-state index is 11.5. The summed E-state index contributed by atoms with van der Waals surface area (Å²) in [5.41, 5.74) is -1.68. The van der Waals surface area contributed by atoms with E-state index in [-0.39, 0.29) is 11.8 Å². The molecule has 2 aliphatic heterocycles. The van der Waals surface area contributed by atoms with Crippen molar-refractivity contribution in [3.63, 3.8) is 0 Å². The average molecular weight is 372 g/mol. The third-order valence-corrected chi connectivity index (χ3v) is 4.90. The first kappa shape index (κ1) is 22.5. The number of likely N-dealkylation sites (tertiary alicyclic amines) is 2. The summed E-state index contributed by atoms with van der Waals surface area (Å²) in [7, 11) is 3.70. The first-order valence-electron chi connectivity index (χ1n) is 8.94. The third kappa shape index (κ3) is 4.81. The standard InChI is InChI=1S/C9H17NO3.C9H15NO3/c2*1-4-13-8(12)9(2)6-10(3)5-7(9)11/h7,11H,4-6H2,1-3H3;4-6H2,1-3H3. The molecule has 0 saturated carbocycles. The van der Waals surface area contributed by atoms with E-state index >= 15 is 0 Å². The van der Waals surface area contributed by atoms with Crippen molar-refractivity contribution in [3.05, 3.63) is 0 Å². The highest BCUT2D eigenvalue weighted by Gasteiger charge is 2.48. The Morgan fingerprint density at radius 1 is 1.08 bits per heavy atom. The molecule has 2 fully saturated rings. The Morgan fingerprint density at radius 3 is 2.00 bits per heavy atom. The fraction of sp³-hybridized carbons (Fsp3) is 0.833. The van der Waals surface area contributed by atoms with Gasteiger partial charge in [0.1, 0.15) is 10.8 Å². The minimum absolute atomic E-state index is 0.0477. The van der Waals surface area contributed by atoms with Crippen molar-refractivity contribution in [2.24, 2.45) is 10.8 Å². The van der Waals surface area contributed by atoms with Gasteiger partial charge in [-0.15, -0.1) is 0 Å². The van der Waals surface area contributed by atoms with Crippen molar-refractivity contribution in [2.75, 3.05) is 53.5 Å². The number of aliphatic hydroxyl groups is 1. The highest BCUT2D eigenvalue weighted by Crippen LogP contribution is 2.30. The minimum Gasteiger partial charge on any atom is -0.465 e. The van der Waals surface area contributed by atoms with E-state index in [1.165, 1.54) is 0 Å². The van der Waals surface area contributed by atoms with E-state index in [4.69, 9.17) is 9.47 Å². The Kier molecular flexibility index (Phi) is 7.73. The molecule has 8 heteroatoms. The summed E-state index contributed by atoms with van der Waals surface area (Å²) in [6, 6.07) is 0. The molecule has 0 spiro atoms. The monoisotopic (exact) mass is 372 g/mol. The van der Waals surface area contributed by atoms with E-state index in [1.54, 1.807) is 27.7 Å². The molecule has 8 nitrogen and oxygen atoms in total. The molecule has 2 rings (SSSR count). The molecule has 0 amide bonds. The fourth-order valence-corrected chi connectivity index (χ4v) is 3.30. The van der Waals surface area contributed by atoms with Gasteiger partial charge < -0.3 is 19.5 Å². The van der Waals surface area contributed by atoms with Gasteiger partial charge in [0.05, 0.1) is 25.9 Å². The Balaban J connectivity index is 0.000000260. The van der Waals surface area contributed by atoms with Crippen LogP contribution >= 0.6 is 0 Å². The number of nitrogens with zero attached hydrogens (tertiary/aromatic N) is 2. The Bertz CT molecular complexity index is 540. The third-order valence-electron chi connectivity index (χ3n) is 4.90. The number of β-amino-alcohol motifs (C(OH)–C–C–N with tert-alkyl or cyclic N) is 1. The van der Waals surface area contributed by atoms with Gasteiger partial charge >= 0.3 is 11.9 Å². The molecule has 3 atom stereocenters. The van der Waals surface area contributed by atoms with Crippen LogP contribution in [-0.2, 0) is 23.9 Å². The molecule has 2 heterocycles. The van der Waals surface area contributed by atoms with E-state index < -0.39 is 22.9 Å². The molecule has 0 aromatic rings. The number of carbonyl (C=O) groups is 3. The largest absolute Gasteiger partial charge is 0.465 e. The molecule has 3 unspecified atom stereocenters. The van der Waals surface area contributed by atoms with E-state index in [9.17, 15) is 19.5 Å². The summed E-state index contributed by atoms with van der Waals surface area (Å²) >= 11 is 0. The van der Waals surface area contributed by atoms with Crippen molar-refractivity contribution in [3.8, 4) is 0 Å². The number of carbonyl (C=O) groups excluding carboxylic acids is 3. The van der Waals surface area contributed by atoms with Crippen LogP contribution in [0.2, 0.25) is 0 Å². The van der Waals surface area contributed by atoms with Gasteiger partial charge in [0.15, 0.2) is 5.78 Å². The normalized spacial score (nSPS) is 32.1. The van der Waals surface area contributed by atoms with Gasteiger partial charge in [-0.3, -0.25) is 19.3 Å². The quantitative estimate of drug-likeness (QED) is 0.541. The number of hydrogen-bond donors (Lipinski definition) is 1. The maximum Gasteiger partial charge on any atom is 0.320 e. The van der Waals surface area contributed by atoms with Crippen LogP contribution in [-0.4, -0.2) is 92.2 Å². The second kappa shape index (κ2) is 8.92.